The highest BCUT2D eigenvalue weighted by Gasteiger charge is 2.27. The first-order valence-electron chi connectivity index (χ1n) is 7.15. The molecule has 0 saturated carbocycles. The van der Waals surface area contributed by atoms with Gasteiger partial charge >= 0.3 is 0 Å². The quantitative estimate of drug-likeness (QED) is 0.823. The van der Waals surface area contributed by atoms with Gasteiger partial charge in [0.2, 0.25) is 0 Å². The number of carbonyl (C=O) groups excluding carboxylic acids is 1. The lowest BCUT2D eigenvalue weighted by molar-refractivity contribution is 0.0726. The van der Waals surface area contributed by atoms with Gasteiger partial charge in [-0.1, -0.05) is 11.6 Å². The molecule has 0 spiro atoms. The fourth-order valence-electron chi connectivity index (χ4n) is 2.79. The minimum absolute atomic E-state index is 0.00326. The summed E-state index contributed by atoms with van der Waals surface area (Å²) in [6.07, 6.45) is 0.772. The van der Waals surface area contributed by atoms with Crippen LogP contribution in [0.2, 0.25) is 0 Å². The molecule has 0 bridgehead atoms. The summed E-state index contributed by atoms with van der Waals surface area (Å²) in [5, 5.41) is 0. The maximum absolute atomic E-state index is 12.9. The maximum Gasteiger partial charge on any atom is 0.257 e. The van der Waals surface area contributed by atoms with Crippen molar-refractivity contribution in [2.45, 2.75) is 19.9 Å². The topological polar surface area (TPSA) is 47.4 Å². The van der Waals surface area contributed by atoms with E-state index < -0.39 is 0 Å². The Morgan fingerprint density at radius 2 is 2.18 bits per heavy atom. The highest BCUT2D eigenvalue weighted by atomic mass is 79.9. The zero-order chi connectivity index (χ0) is 15.9. The van der Waals surface area contributed by atoms with Crippen LogP contribution in [0.4, 0.5) is 0 Å². The van der Waals surface area contributed by atoms with Crippen LogP contribution in [0.3, 0.4) is 0 Å². The number of hydrogen-bond donors (Lipinski definition) is 0. The molecule has 0 radical (unpaired) electrons. The van der Waals surface area contributed by atoms with Crippen LogP contribution in [0.25, 0.3) is 0 Å². The van der Waals surface area contributed by atoms with Crippen molar-refractivity contribution in [3.8, 4) is 5.75 Å². The molecule has 0 unspecified atom stereocenters. The van der Waals surface area contributed by atoms with Crippen molar-refractivity contribution in [1.29, 1.82) is 0 Å². The highest BCUT2D eigenvalue weighted by Crippen LogP contribution is 2.26. The zero-order valence-electron chi connectivity index (χ0n) is 12.9. The van der Waals surface area contributed by atoms with Crippen molar-refractivity contribution in [2.24, 2.45) is 7.05 Å². The normalized spacial score (nSPS) is 13.9. The lowest BCUT2D eigenvalue weighted by Gasteiger charge is -2.27. The summed E-state index contributed by atoms with van der Waals surface area (Å²) in [5.74, 6) is 0.621. The smallest absolute Gasteiger partial charge is 0.257 e. The van der Waals surface area contributed by atoms with E-state index in [1.165, 1.54) is 0 Å². The molecule has 1 aromatic heterocycles. The summed E-state index contributed by atoms with van der Waals surface area (Å²) in [6, 6.07) is 5.68. The highest BCUT2D eigenvalue weighted by molar-refractivity contribution is 9.10. The number of amides is 1. The first kappa shape index (κ1) is 15.1. The first-order valence-corrected chi connectivity index (χ1v) is 7.94. The van der Waals surface area contributed by atoms with Crippen LogP contribution in [0.5, 0.6) is 5.75 Å². The number of aromatic nitrogens is 2. The average molecular weight is 364 g/mol. The number of nitrogens with zero attached hydrogens (tertiary/aromatic N) is 3. The zero-order valence-corrected chi connectivity index (χ0v) is 14.5. The molecule has 0 aliphatic carbocycles. The van der Waals surface area contributed by atoms with Gasteiger partial charge in [-0.15, -0.1) is 0 Å². The molecule has 1 aliphatic rings. The van der Waals surface area contributed by atoms with Crippen molar-refractivity contribution in [3.63, 3.8) is 0 Å². The molecule has 2 aromatic rings. The monoisotopic (exact) mass is 363 g/mol. The Balaban J connectivity index is 1.91. The van der Waals surface area contributed by atoms with Gasteiger partial charge < -0.3 is 14.2 Å². The van der Waals surface area contributed by atoms with Gasteiger partial charge in [0.05, 0.1) is 30.6 Å². The third-order valence-corrected chi connectivity index (χ3v) is 4.78. The molecule has 0 atom stereocenters. The van der Waals surface area contributed by atoms with E-state index in [1.807, 2.05) is 41.6 Å². The fourth-order valence-corrected chi connectivity index (χ4v) is 3.21. The van der Waals surface area contributed by atoms with Crippen LogP contribution in [0, 0.1) is 6.92 Å². The Morgan fingerprint density at radius 3 is 2.91 bits per heavy atom. The standard InChI is InChI=1S/C16H18BrN3O2/c1-10-4-5-14(22-3)11(8-10)15(21)20-7-6-12-13(9-20)19(2)16(17)18-12/h4-5,8H,6-7,9H2,1-3H3. The second-order valence-corrected chi connectivity index (χ2v) is 6.22. The number of halogens is 1. The van der Waals surface area contributed by atoms with E-state index in [2.05, 4.69) is 20.9 Å². The molecule has 0 saturated heterocycles. The second kappa shape index (κ2) is 5.76. The molecule has 1 amide bonds. The van der Waals surface area contributed by atoms with Crippen LogP contribution >= 0.6 is 15.9 Å². The minimum atomic E-state index is 0.00326. The number of aryl methyl sites for hydroxylation is 1. The molecule has 2 heterocycles. The Morgan fingerprint density at radius 1 is 1.41 bits per heavy atom. The van der Waals surface area contributed by atoms with Crippen LogP contribution < -0.4 is 4.74 Å². The van der Waals surface area contributed by atoms with E-state index in [0.29, 0.717) is 24.4 Å². The average Bonchev–Trinajstić information content (AvgIpc) is 2.81. The molecular weight excluding hydrogens is 346 g/mol. The fraction of sp³-hybridized carbons (Fsp3) is 0.375. The van der Waals surface area contributed by atoms with Crippen molar-refractivity contribution in [2.75, 3.05) is 13.7 Å². The summed E-state index contributed by atoms with van der Waals surface area (Å²) in [4.78, 5) is 19.2. The molecule has 1 aromatic carbocycles. The van der Waals surface area contributed by atoms with E-state index in [1.54, 1.807) is 7.11 Å². The Kier molecular flexibility index (Phi) is 3.95. The number of imidazole rings is 1. The lowest BCUT2D eigenvalue weighted by Crippen LogP contribution is -2.36. The molecule has 0 fully saturated rings. The van der Waals surface area contributed by atoms with Crippen molar-refractivity contribution in [1.82, 2.24) is 14.5 Å². The third kappa shape index (κ3) is 2.52. The Bertz CT molecular complexity index is 739. The molecule has 116 valence electrons. The van der Waals surface area contributed by atoms with Crippen LogP contribution in [0.15, 0.2) is 22.9 Å². The van der Waals surface area contributed by atoms with E-state index in [-0.39, 0.29) is 5.91 Å². The number of hydrogen-bond acceptors (Lipinski definition) is 3. The van der Waals surface area contributed by atoms with Gasteiger partial charge in [-0.2, -0.15) is 0 Å². The number of rotatable bonds is 2. The lowest BCUT2D eigenvalue weighted by atomic mass is 10.1. The Labute approximate surface area is 138 Å². The van der Waals surface area contributed by atoms with Gasteiger partial charge in [0.25, 0.3) is 5.91 Å². The van der Waals surface area contributed by atoms with E-state index in [0.717, 1.165) is 28.1 Å². The predicted octanol–water partition coefficient (Wildman–Crippen LogP) is 2.70. The van der Waals surface area contributed by atoms with Gasteiger partial charge in [0, 0.05) is 20.0 Å². The van der Waals surface area contributed by atoms with Crippen LogP contribution in [-0.4, -0.2) is 34.0 Å². The van der Waals surface area contributed by atoms with Crippen LogP contribution in [-0.2, 0) is 20.0 Å². The Hall–Kier alpha value is -1.82. The molecule has 3 rings (SSSR count). The van der Waals surface area contributed by atoms with E-state index >= 15 is 0 Å². The van der Waals surface area contributed by atoms with Gasteiger partial charge in [0.15, 0.2) is 4.73 Å². The second-order valence-electron chi connectivity index (χ2n) is 5.51. The largest absolute Gasteiger partial charge is 0.496 e. The summed E-state index contributed by atoms with van der Waals surface area (Å²) in [5.41, 5.74) is 3.81. The summed E-state index contributed by atoms with van der Waals surface area (Å²) in [6.45, 7) is 3.22. The molecule has 22 heavy (non-hydrogen) atoms. The molecule has 0 N–H and O–H groups in total. The molecular formula is C16H18BrN3O2. The van der Waals surface area contributed by atoms with Gasteiger partial charge in [-0.3, -0.25) is 4.79 Å². The molecule has 6 heteroatoms. The van der Waals surface area contributed by atoms with Crippen molar-refractivity contribution < 1.29 is 9.53 Å². The number of fused-ring (bicyclic) bond motifs is 1. The van der Waals surface area contributed by atoms with Gasteiger partial charge in [0.1, 0.15) is 5.75 Å². The van der Waals surface area contributed by atoms with Crippen molar-refractivity contribution >= 4 is 21.8 Å². The van der Waals surface area contributed by atoms with E-state index in [9.17, 15) is 4.79 Å². The maximum atomic E-state index is 12.9. The summed E-state index contributed by atoms with van der Waals surface area (Å²) in [7, 11) is 3.55. The number of ether oxygens (including phenoxy) is 1. The first-order chi connectivity index (χ1) is 10.5. The number of methoxy groups -OCH3 is 1. The third-order valence-electron chi connectivity index (χ3n) is 4.07. The van der Waals surface area contributed by atoms with Crippen LogP contribution in [0.1, 0.15) is 27.3 Å². The molecule has 1 aliphatic heterocycles. The van der Waals surface area contributed by atoms with Crippen molar-refractivity contribution in [3.05, 3.63) is 45.4 Å². The predicted molar refractivity (Wildman–Crippen MR) is 87.1 cm³/mol. The van der Waals surface area contributed by atoms with Gasteiger partial charge in [-0.05, 0) is 35.0 Å². The number of carbonyl (C=O) groups is 1. The number of benzene rings is 1. The summed E-state index contributed by atoms with van der Waals surface area (Å²) < 4.78 is 8.13. The van der Waals surface area contributed by atoms with Gasteiger partial charge in [-0.25, -0.2) is 4.98 Å². The summed E-state index contributed by atoms with van der Waals surface area (Å²) >= 11 is 3.44. The molecule has 5 nitrogen and oxygen atoms in total. The minimum Gasteiger partial charge on any atom is -0.496 e. The van der Waals surface area contributed by atoms with E-state index in [4.69, 9.17) is 4.74 Å². The SMILES string of the molecule is COc1ccc(C)cc1C(=O)N1CCc2nc(Br)n(C)c2C1.